The van der Waals surface area contributed by atoms with Crippen molar-refractivity contribution in [3.8, 4) is 22.8 Å². The summed E-state index contributed by atoms with van der Waals surface area (Å²) in [6.07, 6.45) is 5.44. The third-order valence-corrected chi connectivity index (χ3v) is 5.85. The van der Waals surface area contributed by atoms with Crippen LogP contribution in [-0.4, -0.2) is 64.3 Å². The second kappa shape index (κ2) is 8.34. The highest BCUT2D eigenvalue weighted by molar-refractivity contribution is 5.82. The highest BCUT2D eigenvalue weighted by atomic mass is 16.5. The number of aromatic nitrogens is 4. The lowest BCUT2D eigenvalue weighted by Crippen LogP contribution is -2.64. The second-order valence-corrected chi connectivity index (χ2v) is 8.32. The van der Waals surface area contributed by atoms with E-state index in [1.165, 1.54) is 0 Å². The highest BCUT2D eigenvalue weighted by Gasteiger charge is 2.37. The number of methoxy groups -OCH3 is 2. The average molecular weight is 447 g/mol. The maximum Gasteiger partial charge on any atom is 0.124 e. The number of nitrogens with one attached hydrogen (secondary N) is 1. The van der Waals surface area contributed by atoms with E-state index in [1.54, 1.807) is 31.3 Å². The van der Waals surface area contributed by atoms with Crippen molar-refractivity contribution < 1.29 is 14.6 Å². The molecule has 1 aliphatic heterocycles. The first-order valence-corrected chi connectivity index (χ1v) is 10.7. The van der Waals surface area contributed by atoms with Gasteiger partial charge < -0.3 is 24.8 Å². The molecular formula is C24H26N6O3. The Balaban J connectivity index is 1.60. The summed E-state index contributed by atoms with van der Waals surface area (Å²) < 4.78 is 12.7. The van der Waals surface area contributed by atoms with Crippen LogP contribution in [-0.2, 0) is 7.05 Å². The predicted molar refractivity (Wildman–Crippen MR) is 126 cm³/mol. The summed E-state index contributed by atoms with van der Waals surface area (Å²) in [5.41, 5.74) is 4.10. The maximum atomic E-state index is 11.0. The minimum atomic E-state index is -0.839. The highest BCUT2D eigenvalue weighted by Crippen LogP contribution is 2.35. The Kier molecular flexibility index (Phi) is 5.35. The summed E-state index contributed by atoms with van der Waals surface area (Å²) >= 11 is 0. The third-order valence-electron chi connectivity index (χ3n) is 5.85. The van der Waals surface area contributed by atoms with Crippen LogP contribution in [0.4, 0.5) is 11.4 Å². The van der Waals surface area contributed by atoms with Crippen LogP contribution >= 0.6 is 0 Å². The van der Waals surface area contributed by atoms with E-state index >= 15 is 0 Å². The molecule has 1 fully saturated rings. The Morgan fingerprint density at radius 1 is 1.03 bits per heavy atom. The molecule has 4 aromatic rings. The molecule has 170 valence electrons. The van der Waals surface area contributed by atoms with Crippen LogP contribution in [0.2, 0.25) is 0 Å². The Bertz CT molecular complexity index is 1280. The van der Waals surface area contributed by atoms with Crippen LogP contribution in [0.15, 0.2) is 55.0 Å². The number of hydrogen-bond acceptors (Lipinski definition) is 8. The van der Waals surface area contributed by atoms with Crippen LogP contribution < -0.4 is 19.7 Å². The standard InChI is InChI=1S/C24H26N6O3/c1-29-12-16(10-27-29)23-11-26-21-5-4-17(8-22(21)28-23)30(15-24(31)13-25-14-24)18-6-19(32-2)9-20(7-18)33-3/h4-12,25,31H,13-15H2,1-3H3. The zero-order valence-corrected chi connectivity index (χ0v) is 18.8. The molecule has 0 radical (unpaired) electrons. The van der Waals surface area contributed by atoms with Crippen molar-refractivity contribution in [1.82, 2.24) is 25.1 Å². The van der Waals surface area contributed by atoms with Gasteiger partial charge in [-0.25, -0.2) is 4.98 Å². The van der Waals surface area contributed by atoms with Crippen molar-refractivity contribution in [3.63, 3.8) is 0 Å². The van der Waals surface area contributed by atoms with E-state index < -0.39 is 5.60 Å². The fourth-order valence-electron chi connectivity index (χ4n) is 3.96. The van der Waals surface area contributed by atoms with Gasteiger partial charge in [-0.1, -0.05) is 0 Å². The van der Waals surface area contributed by atoms with Gasteiger partial charge in [0.1, 0.15) is 17.1 Å². The quantitative estimate of drug-likeness (QED) is 0.447. The van der Waals surface area contributed by atoms with E-state index in [4.69, 9.17) is 14.5 Å². The number of ether oxygens (including phenoxy) is 2. The first-order valence-electron chi connectivity index (χ1n) is 10.7. The number of benzene rings is 2. The van der Waals surface area contributed by atoms with Gasteiger partial charge in [-0.05, 0) is 18.2 Å². The molecule has 33 heavy (non-hydrogen) atoms. The molecule has 0 atom stereocenters. The van der Waals surface area contributed by atoms with Gasteiger partial charge in [0.2, 0.25) is 0 Å². The monoisotopic (exact) mass is 446 g/mol. The van der Waals surface area contributed by atoms with Crippen LogP contribution in [0.25, 0.3) is 22.3 Å². The lowest BCUT2D eigenvalue weighted by molar-refractivity contribution is -0.000641. The fourth-order valence-corrected chi connectivity index (χ4v) is 3.96. The fraction of sp³-hybridized carbons (Fsp3) is 0.292. The summed E-state index contributed by atoms with van der Waals surface area (Å²) in [5, 5.41) is 18.3. The number of hydrogen-bond donors (Lipinski definition) is 2. The van der Waals surface area contributed by atoms with Gasteiger partial charge in [-0.2, -0.15) is 5.10 Å². The molecule has 1 saturated heterocycles. The Labute approximate surface area is 191 Å². The first-order chi connectivity index (χ1) is 16.0. The van der Waals surface area contributed by atoms with Gasteiger partial charge in [0.05, 0.1) is 49.9 Å². The van der Waals surface area contributed by atoms with Crippen molar-refractivity contribution in [2.24, 2.45) is 7.05 Å². The molecule has 9 heteroatoms. The molecule has 0 unspecified atom stereocenters. The molecule has 2 aromatic heterocycles. The van der Waals surface area contributed by atoms with E-state index in [1.807, 2.05) is 49.6 Å². The zero-order valence-electron chi connectivity index (χ0n) is 18.8. The Morgan fingerprint density at radius 2 is 1.79 bits per heavy atom. The summed E-state index contributed by atoms with van der Waals surface area (Å²) in [6, 6.07) is 11.6. The summed E-state index contributed by atoms with van der Waals surface area (Å²) in [6.45, 7) is 1.46. The summed E-state index contributed by atoms with van der Waals surface area (Å²) in [5.74, 6) is 1.35. The topological polar surface area (TPSA) is 97.6 Å². The van der Waals surface area contributed by atoms with Gasteiger partial charge in [0, 0.05) is 61.5 Å². The number of rotatable bonds is 7. The van der Waals surface area contributed by atoms with E-state index in [9.17, 15) is 5.11 Å². The van der Waals surface area contributed by atoms with Gasteiger partial charge >= 0.3 is 0 Å². The smallest absolute Gasteiger partial charge is 0.124 e. The van der Waals surface area contributed by atoms with Crippen molar-refractivity contribution >= 4 is 22.4 Å². The molecule has 0 spiro atoms. The summed E-state index contributed by atoms with van der Waals surface area (Å²) in [4.78, 5) is 11.5. The van der Waals surface area contributed by atoms with Crippen molar-refractivity contribution in [1.29, 1.82) is 0 Å². The van der Waals surface area contributed by atoms with E-state index in [2.05, 4.69) is 20.3 Å². The third kappa shape index (κ3) is 4.20. The number of nitrogens with zero attached hydrogens (tertiary/aromatic N) is 5. The minimum absolute atomic E-state index is 0.400. The molecule has 0 aliphatic carbocycles. The molecule has 0 saturated carbocycles. The number of anilines is 2. The molecule has 1 aliphatic rings. The number of fused-ring (bicyclic) bond motifs is 1. The van der Waals surface area contributed by atoms with E-state index in [0.717, 1.165) is 33.7 Å². The van der Waals surface area contributed by atoms with E-state index in [0.29, 0.717) is 31.1 Å². The molecule has 0 amide bonds. The molecule has 9 nitrogen and oxygen atoms in total. The largest absolute Gasteiger partial charge is 0.497 e. The van der Waals surface area contributed by atoms with Crippen LogP contribution in [0.5, 0.6) is 11.5 Å². The van der Waals surface area contributed by atoms with Crippen molar-refractivity contribution in [3.05, 3.63) is 55.0 Å². The zero-order chi connectivity index (χ0) is 23.0. The SMILES string of the molecule is COc1cc(OC)cc(N(CC2(O)CNC2)c2ccc3ncc(-c4cnn(C)c4)nc3c2)c1. The van der Waals surface area contributed by atoms with Gasteiger partial charge in [-0.3, -0.25) is 9.67 Å². The molecule has 2 aromatic carbocycles. The number of β-amino-alcohol motifs (C(OH)–C–C–N with tert-alkyl or cyclic N) is 1. The molecule has 5 rings (SSSR count). The molecule has 3 heterocycles. The second-order valence-electron chi connectivity index (χ2n) is 8.32. The normalized spacial score (nSPS) is 14.7. The lowest BCUT2D eigenvalue weighted by Gasteiger charge is -2.42. The van der Waals surface area contributed by atoms with Crippen molar-refractivity contribution in [2.75, 3.05) is 38.8 Å². The molecule has 2 N–H and O–H groups in total. The summed E-state index contributed by atoms with van der Waals surface area (Å²) in [7, 11) is 5.12. The number of aryl methyl sites for hydroxylation is 1. The van der Waals surface area contributed by atoms with Gasteiger partial charge in [-0.15, -0.1) is 0 Å². The van der Waals surface area contributed by atoms with E-state index in [-0.39, 0.29) is 0 Å². The van der Waals surface area contributed by atoms with Crippen LogP contribution in [0.3, 0.4) is 0 Å². The lowest BCUT2D eigenvalue weighted by atomic mass is 9.96. The van der Waals surface area contributed by atoms with Crippen molar-refractivity contribution in [2.45, 2.75) is 5.60 Å². The van der Waals surface area contributed by atoms with Crippen LogP contribution in [0, 0.1) is 0 Å². The molecular weight excluding hydrogens is 420 g/mol. The first kappa shape index (κ1) is 21.2. The average Bonchev–Trinajstić information content (AvgIpc) is 3.26. The predicted octanol–water partition coefficient (Wildman–Crippen LogP) is 2.52. The van der Waals surface area contributed by atoms with Gasteiger partial charge in [0.25, 0.3) is 0 Å². The Morgan fingerprint density at radius 3 is 2.39 bits per heavy atom. The minimum Gasteiger partial charge on any atom is -0.497 e. The van der Waals surface area contributed by atoms with Crippen LogP contribution in [0.1, 0.15) is 0 Å². The van der Waals surface area contributed by atoms with Gasteiger partial charge in [0.15, 0.2) is 0 Å². The molecule has 0 bridgehead atoms. The maximum absolute atomic E-state index is 11.0. The number of aliphatic hydroxyl groups is 1. The Hall–Kier alpha value is -3.69.